The van der Waals surface area contributed by atoms with E-state index in [1.54, 1.807) is 0 Å². The van der Waals surface area contributed by atoms with E-state index < -0.39 is 30.3 Å². The van der Waals surface area contributed by atoms with Crippen LogP contribution in [0.15, 0.2) is 12.7 Å². The molecule has 0 radical (unpaired) electrons. The highest BCUT2D eigenvalue weighted by molar-refractivity contribution is 5.86. The summed E-state index contributed by atoms with van der Waals surface area (Å²) in [5.74, 6) is -3.13. The van der Waals surface area contributed by atoms with Crippen LogP contribution in [-0.4, -0.2) is 34.1 Å². The quantitative estimate of drug-likeness (QED) is 0.518. The van der Waals surface area contributed by atoms with E-state index in [1.165, 1.54) is 6.08 Å². The van der Waals surface area contributed by atoms with Crippen molar-refractivity contribution in [2.24, 2.45) is 0 Å². The van der Waals surface area contributed by atoms with E-state index >= 15 is 0 Å². The number of allylic oxidation sites excluding steroid dienone is 1. The van der Waals surface area contributed by atoms with E-state index in [4.69, 9.17) is 10.2 Å². The second-order valence-electron chi connectivity index (χ2n) is 2.88. The van der Waals surface area contributed by atoms with Gasteiger partial charge in [-0.3, -0.25) is 9.59 Å². The number of amides is 1. The fourth-order valence-corrected chi connectivity index (χ4v) is 0.874. The zero-order valence-corrected chi connectivity index (χ0v) is 8.10. The summed E-state index contributed by atoms with van der Waals surface area (Å²) >= 11 is 0. The molecule has 3 N–H and O–H groups in total. The predicted molar refractivity (Wildman–Crippen MR) is 51.3 cm³/mol. The standard InChI is InChI=1S/C9H13NO5/c1-2-3-4-7(11)10-6(9(14)15)5-8(12)13/h2,6H,1,3-5H2,(H,10,11)(H,12,13)(H,14,15). The second-order valence-corrected chi connectivity index (χ2v) is 2.88. The summed E-state index contributed by atoms with van der Waals surface area (Å²) in [5.41, 5.74) is 0. The number of aliphatic carboxylic acids is 2. The minimum Gasteiger partial charge on any atom is -0.481 e. The molecule has 6 heteroatoms. The Labute approximate surface area is 86.6 Å². The highest BCUT2D eigenvalue weighted by atomic mass is 16.4. The van der Waals surface area contributed by atoms with Gasteiger partial charge in [-0.15, -0.1) is 6.58 Å². The van der Waals surface area contributed by atoms with Crippen molar-refractivity contribution >= 4 is 17.8 Å². The first-order chi connectivity index (χ1) is 6.97. The zero-order valence-electron chi connectivity index (χ0n) is 8.10. The molecule has 15 heavy (non-hydrogen) atoms. The van der Waals surface area contributed by atoms with Crippen LogP contribution in [0.4, 0.5) is 0 Å². The first kappa shape index (κ1) is 13.2. The summed E-state index contributed by atoms with van der Waals surface area (Å²) < 4.78 is 0. The van der Waals surface area contributed by atoms with Gasteiger partial charge < -0.3 is 15.5 Å². The van der Waals surface area contributed by atoms with Gasteiger partial charge in [0.25, 0.3) is 0 Å². The van der Waals surface area contributed by atoms with Gasteiger partial charge in [-0.1, -0.05) is 6.08 Å². The van der Waals surface area contributed by atoms with Crippen molar-refractivity contribution in [2.75, 3.05) is 0 Å². The number of carbonyl (C=O) groups is 3. The highest BCUT2D eigenvalue weighted by Crippen LogP contribution is 1.96. The third-order valence-electron chi connectivity index (χ3n) is 1.59. The predicted octanol–water partition coefficient (Wildman–Crippen LogP) is -0.00330. The molecule has 0 saturated heterocycles. The molecule has 0 bridgehead atoms. The molecular weight excluding hydrogens is 202 g/mol. The molecule has 0 aromatic rings. The summed E-state index contributed by atoms with van der Waals surface area (Å²) in [4.78, 5) is 31.9. The molecule has 84 valence electrons. The van der Waals surface area contributed by atoms with Crippen molar-refractivity contribution in [2.45, 2.75) is 25.3 Å². The number of carboxylic acids is 2. The molecule has 1 unspecified atom stereocenters. The molecule has 0 aromatic heterocycles. The third-order valence-corrected chi connectivity index (χ3v) is 1.59. The van der Waals surface area contributed by atoms with Gasteiger partial charge >= 0.3 is 11.9 Å². The van der Waals surface area contributed by atoms with E-state index in [0.29, 0.717) is 6.42 Å². The Kier molecular flexibility index (Phi) is 5.77. The van der Waals surface area contributed by atoms with Crippen molar-refractivity contribution in [3.8, 4) is 0 Å². The van der Waals surface area contributed by atoms with Gasteiger partial charge in [0.05, 0.1) is 6.42 Å². The average Bonchev–Trinajstić information content (AvgIpc) is 2.12. The van der Waals surface area contributed by atoms with Crippen molar-refractivity contribution in [3.63, 3.8) is 0 Å². The molecule has 1 amide bonds. The van der Waals surface area contributed by atoms with Crippen LogP contribution in [0.1, 0.15) is 19.3 Å². The number of nitrogens with one attached hydrogen (secondary N) is 1. The van der Waals surface area contributed by atoms with E-state index in [9.17, 15) is 14.4 Å². The molecule has 0 saturated carbocycles. The Morgan fingerprint density at radius 2 is 1.93 bits per heavy atom. The van der Waals surface area contributed by atoms with Gasteiger partial charge in [-0.05, 0) is 6.42 Å². The molecule has 0 aliphatic rings. The summed E-state index contributed by atoms with van der Waals surface area (Å²) in [6.45, 7) is 3.40. The Bertz CT molecular complexity index is 274. The first-order valence-corrected chi connectivity index (χ1v) is 4.32. The first-order valence-electron chi connectivity index (χ1n) is 4.32. The number of hydrogen-bond donors (Lipinski definition) is 3. The van der Waals surface area contributed by atoms with Crippen LogP contribution in [0, 0.1) is 0 Å². The molecule has 6 nitrogen and oxygen atoms in total. The summed E-state index contributed by atoms with van der Waals surface area (Å²) in [7, 11) is 0. The van der Waals surface area contributed by atoms with Gasteiger partial charge in [0.15, 0.2) is 0 Å². The normalized spacial score (nSPS) is 11.5. The number of carbonyl (C=O) groups excluding carboxylic acids is 1. The third kappa shape index (κ3) is 6.25. The summed E-state index contributed by atoms with van der Waals surface area (Å²) in [6, 6.07) is -1.38. The Balaban J connectivity index is 4.16. The summed E-state index contributed by atoms with van der Waals surface area (Å²) in [6.07, 6.45) is 1.42. The number of rotatable bonds is 7. The van der Waals surface area contributed by atoms with Crippen molar-refractivity contribution in [1.82, 2.24) is 5.32 Å². The van der Waals surface area contributed by atoms with Crippen LogP contribution in [0.5, 0.6) is 0 Å². The Hall–Kier alpha value is -1.85. The highest BCUT2D eigenvalue weighted by Gasteiger charge is 2.22. The average molecular weight is 215 g/mol. The Morgan fingerprint density at radius 3 is 2.33 bits per heavy atom. The lowest BCUT2D eigenvalue weighted by atomic mass is 10.2. The van der Waals surface area contributed by atoms with Crippen LogP contribution in [0.25, 0.3) is 0 Å². The maximum atomic E-state index is 11.1. The number of carboxylic acid groups (broad SMARTS) is 2. The van der Waals surface area contributed by atoms with Gasteiger partial charge in [0, 0.05) is 6.42 Å². The maximum absolute atomic E-state index is 11.1. The minimum atomic E-state index is -1.38. The van der Waals surface area contributed by atoms with Gasteiger partial charge in [-0.2, -0.15) is 0 Å². The zero-order chi connectivity index (χ0) is 11.8. The topological polar surface area (TPSA) is 104 Å². The van der Waals surface area contributed by atoms with Crippen LogP contribution in [0.3, 0.4) is 0 Å². The van der Waals surface area contributed by atoms with Crippen LogP contribution < -0.4 is 5.32 Å². The molecule has 0 heterocycles. The SMILES string of the molecule is C=CCCC(=O)NC(CC(=O)O)C(=O)O. The molecule has 0 spiro atoms. The molecule has 1 atom stereocenters. The van der Waals surface area contributed by atoms with Crippen molar-refractivity contribution in [1.29, 1.82) is 0 Å². The van der Waals surface area contributed by atoms with Crippen molar-refractivity contribution < 1.29 is 24.6 Å². The van der Waals surface area contributed by atoms with Gasteiger partial charge in [0.1, 0.15) is 6.04 Å². The second kappa shape index (κ2) is 6.58. The maximum Gasteiger partial charge on any atom is 0.326 e. The molecule has 0 aliphatic heterocycles. The minimum absolute atomic E-state index is 0.104. The number of hydrogen-bond acceptors (Lipinski definition) is 3. The fourth-order valence-electron chi connectivity index (χ4n) is 0.874. The molecule has 0 rings (SSSR count). The van der Waals surface area contributed by atoms with Gasteiger partial charge in [0.2, 0.25) is 5.91 Å². The summed E-state index contributed by atoms with van der Waals surface area (Å²) in [5, 5.41) is 19.1. The lowest BCUT2D eigenvalue weighted by Crippen LogP contribution is -2.42. The van der Waals surface area contributed by atoms with Crippen LogP contribution in [0.2, 0.25) is 0 Å². The van der Waals surface area contributed by atoms with Gasteiger partial charge in [-0.25, -0.2) is 4.79 Å². The molecule has 0 fully saturated rings. The lowest BCUT2D eigenvalue weighted by Gasteiger charge is -2.11. The Morgan fingerprint density at radius 1 is 1.33 bits per heavy atom. The van der Waals surface area contributed by atoms with Crippen molar-refractivity contribution in [3.05, 3.63) is 12.7 Å². The van der Waals surface area contributed by atoms with E-state index in [2.05, 4.69) is 11.9 Å². The largest absolute Gasteiger partial charge is 0.481 e. The van der Waals surface area contributed by atoms with Crippen LogP contribution in [-0.2, 0) is 14.4 Å². The van der Waals surface area contributed by atoms with E-state index in [-0.39, 0.29) is 6.42 Å². The molecule has 0 aliphatic carbocycles. The molecular formula is C9H13NO5. The van der Waals surface area contributed by atoms with Crippen LogP contribution >= 0.6 is 0 Å². The molecule has 0 aromatic carbocycles. The smallest absolute Gasteiger partial charge is 0.326 e. The fraction of sp³-hybridized carbons (Fsp3) is 0.444. The van der Waals surface area contributed by atoms with E-state index in [1.807, 2.05) is 0 Å². The lowest BCUT2D eigenvalue weighted by molar-refractivity contribution is -0.147. The monoisotopic (exact) mass is 215 g/mol. The van der Waals surface area contributed by atoms with E-state index in [0.717, 1.165) is 0 Å².